The lowest BCUT2D eigenvalue weighted by Gasteiger charge is -2.24. The van der Waals surface area contributed by atoms with Crippen molar-refractivity contribution in [1.82, 2.24) is 5.43 Å². The molecular weight excluding hydrogens is 382 g/mol. The summed E-state index contributed by atoms with van der Waals surface area (Å²) in [6.45, 7) is 1.12. The van der Waals surface area contributed by atoms with E-state index in [0.29, 0.717) is 6.07 Å². The number of amides is 1. The Morgan fingerprint density at radius 1 is 1.30 bits per heavy atom. The van der Waals surface area contributed by atoms with Gasteiger partial charge in [-0.1, -0.05) is 0 Å². The van der Waals surface area contributed by atoms with Crippen LogP contribution in [0.2, 0.25) is 0 Å². The number of carbonyl (C=O) groups excluding carboxylic acids is 1. The van der Waals surface area contributed by atoms with Crippen LogP contribution in [0.3, 0.4) is 0 Å². The normalized spacial score (nSPS) is 19.7. The molecule has 2 N–H and O–H groups in total. The van der Waals surface area contributed by atoms with Crippen molar-refractivity contribution >= 4 is 17.3 Å². The van der Waals surface area contributed by atoms with E-state index in [1.165, 1.54) is 6.07 Å². The molecule has 0 aliphatic carbocycles. The molecule has 0 bridgehead atoms. The van der Waals surface area contributed by atoms with Gasteiger partial charge in [0.1, 0.15) is 17.0 Å². The molecule has 1 aromatic carbocycles. The Balaban J connectivity index is 2.35. The van der Waals surface area contributed by atoms with Crippen molar-refractivity contribution in [1.29, 1.82) is 5.26 Å². The minimum absolute atomic E-state index is 0.258. The standard InChI is InChI=1S/C15H12F6N4O2/c1-13(5-11(24-25-13)15(19,20)21)12(26)23-9-4-8(14(16,17)18)7(6-22)3-10(9)27-2/h3-4,25H,5H2,1-2H3,(H,23,26). The van der Waals surface area contributed by atoms with Crippen molar-refractivity contribution < 1.29 is 35.9 Å². The molecule has 146 valence electrons. The van der Waals surface area contributed by atoms with Crippen LogP contribution in [-0.2, 0) is 11.0 Å². The lowest BCUT2D eigenvalue weighted by atomic mass is 9.95. The second kappa shape index (κ2) is 6.64. The summed E-state index contributed by atoms with van der Waals surface area (Å²) < 4.78 is 82.2. The van der Waals surface area contributed by atoms with Gasteiger partial charge in [0, 0.05) is 12.5 Å². The average molecular weight is 394 g/mol. The third-order valence-corrected chi connectivity index (χ3v) is 3.80. The zero-order valence-electron chi connectivity index (χ0n) is 13.8. The summed E-state index contributed by atoms with van der Waals surface area (Å²) in [5, 5.41) is 14.0. The second-order valence-electron chi connectivity index (χ2n) is 5.84. The van der Waals surface area contributed by atoms with Crippen molar-refractivity contribution in [3.05, 3.63) is 23.3 Å². The number of methoxy groups -OCH3 is 1. The van der Waals surface area contributed by atoms with E-state index >= 15 is 0 Å². The molecule has 0 saturated heterocycles. The fourth-order valence-electron chi connectivity index (χ4n) is 2.33. The van der Waals surface area contributed by atoms with Gasteiger partial charge in [-0.25, -0.2) is 0 Å². The van der Waals surface area contributed by atoms with Gasteiger partial charge in [-0.3, -0.25) is 10.2 Å². The number of benzene rings is 1. The van der Waals surface area contributed by atoms with Crippen LogP contribution in [-0.4, -0.2) is 30.4 Å². The molecule has 1 unspecified atom stereocenters. The molecule has 1 aliphatic rings. The van der Waals surface area contributed by atoms with E-state index in [4.69, 9.17) is 10.00 Å². The third kappa shape index (κ3) is 4.07. The van der Waals surface area contributed by atoms with Crippen molar-refractivity contribution in [2.75, 3.05) is 12.4 Å². The van der Waals surface area contributed by atoms with Gasteiger partial charge in [-0.05, 0) is 13.0 Å². The first-order valence-electron chi connectivity index (χ1n) is 7.23. The molecule has 27 heavy (non-hydrogen) atoms. The Morgan fingerprint density at radius 3 is 2.37 bits per heavy atom. The highest BCUT2D eigenvalue weighted by atomic mass is 19.4. The molecule has 12 heteroatoms. The quantitative estimate of drug-likeness (QED) is 0.771. The molecule has 1 aliphatic heterocycles. The van der Waals surface area contributed by atoms with E-state index in [0.717, 1.165) is 20.1 Å². The molecule has 2 rings (SSSR count). The fourth-order valence-corrected chi connectivity index (χ4v) is 2.33. The number of hydrogen-bond acceptors (Lipinski definition) is 5. The average Bonchev–Trinajstić information content (AvgIpc) is 2.97. The minimum Gasteiger partial charge on any atom is -0.495 e. The Kier molecular flexibility index (Phi) is 5.00. The summed E-state index contributed by atoms with van der Waals surface area (Å²) in [6, 6.07) is 2.64. The number of carbonyl (C=O) groups is 1. The first kappa shape index (κ1) is 20.3. The van der Waals surface area contributed by atoms with Crippen molar-refractivity contribution in [2.45, 2.75) is 31.2 Å². The first-order chi connectivity index (χ1) is 12.3. The van der Waals surface area contributed by atoms with E-state index in [-0.39, 0.29) is 5.75 Å². The summed E-state index contributed by atoms with van der Waals surface area (Å²) in [6.07, 6.45) is -10.5. The Hall–Kier alpha value is -2.97. The van der Waals surface area contributed by atoms with Gasteiger partial charge in [0.25, 0.3) is 5.91 Å². The van der Waals surface area contributed by atoms with Gasteiger partial charge in [0.05, 0.1) is 30.0 Å². The van der Waals surface area contributed by atoms with E-state index in [2.05, 4.69) is 15.8 Å². The van der Waals surface area contributed by atoms with E-state index in [1.807, 2.05) is 0 Å². The van der Waals surface area contributed by atoms with Gasteiger partial charge < -0.3 is 10.1 Å². The van der Waals surface area contributed by atoms with Crippen LogP contribution in [0.15, 0.2) is 17.2 Å². The molecule has 6 nitrogen and oxygen atoms in total. The topological polar surface area (TPSA) is 86.5 Å². The van der Waals surface area contributed by atoms with E-state index < -0.39 is 52.7 Å². The highest BCUT2D eigenvalue weighted by Crippen LogP contribution is 2.38. The molecule has 1 amide bonds. The van der Waals surface area contributed by atoms with Crippen LogP contribution >= 0.6 is 0 Å². The molecule has 0 aromatic heterocycles. The van der Waals surface area contributed by atoms with Gasteiger partial charge in [0.2, 0.25) is 0 Å². The summed E-state index contributed by atoms with van der Waals surface area (Å²) in [7, 11) is 1.10. The maximum Gasteiger partial charge on any atom is 0.431 e. The summed E-state index contributed by atoms with van der Waals surface area (Å²) in [4.78, 5) is 12.4. The van der Waals surface area contributed by atoms with Crippen LogP contribution in [0.5, 0.6) is 5.75 Å². The largest absolute Gasteiger partial charge is 0.495 e. The number of anilines is 1. The van der Waals surface area contributed by atoms with Crippen molar-refractivity contribution in [2.24, 2.45) is 5.10 Å². The Bertz CT molecular complexity index is 840. The highest BCUT2D eigenvalue weighted by Gasteiger charge is 2.48. The Morgan fingerprint density at radius 2 is 1.93 bits per heavy atom. The number of hydrogen-bond donors (Lipinski definition) is 2. The smallest absolute Gasteiger partial charge is 0.431 e. The molecular formula is C15H12F6N4O2. The van der Waals surface area contributed by atoms with Crippen LogP contribution in [0.25, 0.3) is 0 Å². The molecule has 0 spiro atoms. The van der Waals surface area contributed by atoms with E-state index in [9.17, 15) is 31.1 Å². The highest BCUT2D eigenvalue weighted by molar-refractivity contribution is 6.05. The van der Waals surface area contributed by atoms with Crippen LogP contribution in [0.4, 0.5) is 32.0 Å². The number of nitriles is 1. The van der Waals surface area contributed by atoms with Crippen LogP contribution in [0, 0.1) is 11.3 Å². The zero-order valence-corrected chi connectivity index (χ0v) is 13.8. The number of ether oxygens (including phenoxy) is 1. The van der Waals surface area contributed by atoms with Gasteiger partial charge in [-0.2, -0.15) is 36.7 Å². The molecule has 0 fully saturated rings. The summed E-state index contributed by atoms with van der Waals surface area (Å²) in [5.74, 6) is -1.31. The van der Waals surface area contributed by atoms with Crippen molar-refractivity contribution in [3.8, 4) is 11.8 Å². The third-order valence-electron chi connectivity index (χ3n) is 3.80. The van der Waals surface area contributed by atoms with Crippen molar-refractivity contribution in [3.63, 3.8) is 0 Å². The molecule has 1 heterocycles. The summed E-state index contributed by atoms with van der Waals surface area (Å²) >= 11 is 0. The number of hydrazone groups is 1. The zero-order chi connectivity index (χ0) is 20.6. The second-order valence-corrected chi connectivity index (χ2v) is 5.84. The lowest BCUT2D eigenvalue weighted by molar-refractivity contribution is -0.137. The maximum atomic E-state index is 13.1. The van der Waals surface area contributed by atoms with Gasteiger partial charge in [0.15, 0.2) is 0 Å². The maximum absolute atomic E-state index is 13.1. The number of nitrogens with one attached hydrogen (secondary N) is 2. The van der Waals surface area contributed by atoms with Gasteiger partial charge in [-0.15, -0.1) is 0 Å². The van der Waals surface area contributed by atoms with Gasteiger partial charge >= 0.3 is 12.4 Å². The number of alkyl halides is 6. The molecule has 0 radical (unpaired) electrons. The van der Waals surface area contributed by atoms with Crippen LogP contribution in [0.1, 0.15) is 24.5 Å². The molecule has 0 saturated carbocycles. The fraction of sp³-hybridized carbons (Fsp3) is 0.400. The number of halogens is 6. The predicted molar refractivity (Wildman–Crippen MR) is 81.0 cm³/mol. The monoisotopic (exact) mass is 394 g/mol. The SMILES string of the molecule is COc1cc(C#N)c(C(F)(F)F)cc1NC(=O)C1(C)CC(C(F)(F)F)=NN1. The van der Waals surface area contributed by atoms with Crippen LogP contribution < -0.4 is 15.5 Å². The predicted octanol–water partition coefficient (Wildman–Crippen LogP) is 3.19. The Labute approximate surface area is 148 Å². The lowest BCUT2D eigenvalue weighted by Crippen LogP contribution is -2.48. The first-order valence-corrected chi connectivity index (χ1v) is 7.23. The summed E-state index contributed by atoms with van der Waals surface area (Å²) in [5.41, 5.74) is -3.50. The molecule has 1 atom stereocenters. The van der Waals surface area contributed by atoms with E-state index in [1.54, 1.807) is 0 Å². The number of rotatable bonds is 3. The molecule has 1 aromatic rings. The minimum atomic E-state index is -4.89. The number of nitrogens with zero attached hydrogens (tertiary/aromatic N) is 2.